The van der Waals surface area contributed by atoms with Gasteiger partial charge < -0.3 is 10.2 Å². The highest BCUT2D eigenvalue weighted by molar-refractivity contribution is 5.71. The summed E-state index contributed by atoms with van der Waals surface area (Å²) in [5, 5.41) is 3.54. The summed E-state index contributed by atoms with van der Waals surface area (Å²) in [4.78, 5) is 2.33. The van der Waals surface area contributed by atoms with Crippen LogP contribution in [0.2, 0.25) is 0 Å². The Balaban J connectivity index is 2.42. The zero-order chi connectivity index (χ0) is 10.1. The molecule has 0 aromatic heterocycles. The fourth-order valence-electron chi connectivity index (χ4n) is 1.92. The second-order valence-corrected chi connectivity index (χ2v) is 4.28. The summed E-state index contributed by atoms with van der Waals surface area (Å²) in [5.74, 6) is 0. The molecule has 0 fully saturated rings. The monoisotopic (exact) mass is 190 g/mol. The minimum atomic E-state index is 0.571. The molecule has 0 saturated carbocycles. The molecule has 2 heteroatoms. The summed E-state index contributed by atoms with van der Waals surface area (Å²) < 4.78 is 0. The van der Waals surface area contributed by atoms with E-state index in [1.807, 2.05) is 0 Å². The van der Waals surface area contributed by atoms with Crippen molar-refractivity contribution in [2.75, 3.05) is 23.8 Å². The summed E-state index contributed by atoms with van der Waals surface area (Å²) >= 11 is 0. The second kappa shape index (κ2) is 3.52. The minimum Gasteiger partial charge on any atom is -0.381 e. The molecule has 1 aliphatic heterocycles. The van der Waals surface area contributed by atoms with Crippen LogP contribution in [0.15, 0.2) is 18.2 Å². The maximum absolute atomic E-state index is 3.54. The Morgan fingerprint density at radius 3 is 3.00 bits per heavy atom. The molecular weight excluding hydrogens is 172 g/mol. The third-order valence-corrected chi connectivity index (χ3v) is 2.86. The van der Waals surface area contributed by atoms with Gasteiger partial charge in [-0.15, -0.1) is 0 Å². The topological polar surface area (TPSA) is 15.3 Å². The maximum Gasteiger partial charge on any atom is 0.0602 e. The smallest absolute Gasteiger partial charge is 0.0602 e. The van der Waals surface area contributed by atoms with Crippen LogP contribution in [0.4, 0.5) is 11.4 Å². The van der Waals surface area contributed by atoms with E-state index in [1.54, 1.807) is 0 Å². The summed E-state index contributed by atoms with van der Waals surface area (Å²) in [6.07, 6.45) is 1.20. The van der Waals surface area contributed by atoms with Crippen molar-refractivity contribution in [1.29, 1.82) is 0 Å². The minimum absolute atomic E-state index is 0.571. The van der Waals surface area contributed by atoms with E-state index in [0.717, 1.165) is 6.54 Å². The molecule has 0 bridgehead atoms. The lowest BCUT2D eigenvalue weighted by Crippen LogP contribution is -2.19. The molecule has 2 nitrogen and oxygen atoms in total. The van der Waals surface area contributed by atoms with Gasteiger partial charge in [0, 0.05) is 19.6 Å². The van der Waals surface area contributed by atoms with Crippen molar-refractivity contribution in [3.8, 4) is 0 Å². The molecule has 1 aliphatic rings. The van der Waals surface area contributed by atoms with Gasteiger partial charge in [-0.25, -0.2) is 0 Å². The zero-order valence-corrected chi connectivity index (χ0v) is 9.17. The molecule has 14 heavy (non-hydrogen) atoms. The van der Waals surface area contributed by atoms with Crippen LogP contribution < -0.4 is 10.2 Å². The van der Waals surface area contributed by atoms with Crippen LogP contribution in [0.25, 0.3) is 0 Å². The molecule has 2 rings (SSSR count). The van der Waals surface area contributed by atoms with E-state index in [9.17, 15) is 0 Å². The number of hydrogen-bond donors (Lipinski definition) is 1. The normalized spacial score (nSPS) is 21.1. The lowest BCUT2D eigenvalue weighted by atomic mass is 10.2. The van der Waals surface area contributed by atoms with Crippen molar-refractivity contribution < 1.29 is 0 Å². The van der Waals surface area contributed by atoms with Crippen LogP contribution in [0.1, 0.15) is 18.9 Å². The molecule has 0 amide bonds. The van der Waals surface area contributed by atoms with Crippen molar-refractivity contribution in [3.05, 3.63) is 23.8 Å². The molecule has 76 valence electrons. The Bertz CT molecular complexity index is 333. The maximum atomic E-state index is 3.54. The fraction of sp³-hybridized carbons (Fsp3) is 0.500. The zero-order valence-electron chi connectivity index (χ0n) is 9.17. The first-order valence-corrected chi connectivity index (χ1v) is 5.25. The predicted octanol–water partition coefficient (Wildman–Crippen LogP) is 2.64. The quantitative estimate of drug-likeness (QED) is 0.676. The third kappa shape index (κ3) is 1.69. The van der Waals surface area contributed by atoms with E-state index >= 15 is 0 Å². The van der Waals surface area contributed by atoms with Gasteiger partial charge in [0.15, 0.2) is 0 Å². The first kappa shape index (κ1) is 9.38. The van der Waals surface area contributed by atoms with Gasteiger partial charge in [-0.3, -0.25) is 0 Å². The summed E-state index contributed by atoms with van der Waals surface area (Å²) in [6, 6.07) is 7.17. The summed E-state index contributed by atoms with van der Waals surface area (Å²) in [6.45, 7) is 5.51. The number of rotatable bonds is 0. The molecule has 1 atom stereocenters. The molecule has 0 saturated heterocycles. The van der Waals surface area contributed by atoms with Gasteiger partial charge in [0.25, 0.3) is 0 Å². The molecule has 1 aromatic rings. The Labute approximate surface area is 85.9 Å². The highest BCUT2D eigenvalue weighted by Crippen LogP contribution is 2.29. The highest BCUT2D eigenvalue weighted by Gasteiger charge is 2.15. The number of aryl methyl sites for hydroxylation is 1. The Hall–Kier alpha value is -1.18. The Morgan fingerprint density at radius 2 is 2.21 bits per heavy atom. The van der Waals surface area contributed by atoms with E-state index < -0.39 is 0 Å². The first-order valence-electron chi connectivity index (χ1n) is 5.25. The molecule has 1 aromatic carbocycles. The van der Waals surface area contributed by atoms with E-state index in [4.69, 9.17) is 0 Å². The first-order chi connectivity index (χ1) is 6.66. The molecule has 0 aliphatic carbocycles. The third-order valence-electron chi connectivity index (χ3n) is 2.86. The summed E-state index contributed by atoms with van der Waals surface area (Å²) in [7, 11) is 2.16. The molecule has 0 spiro atoms. The van der Waals surface area contributed by atoms with Gasteiger partial charge in [0.1, 0.15) is 0 Å². The van der Waals surface area contributed by atoms with E-state index in [2.05, 4.69) is 49.3 Å². The lowest BCUT2D eigenvalue weighted by molar-refractivity contribution is 0.711. The van der Waals surface area contributed by atoms with Crippen molar-refractivity contribution in [2.24, 2.45) is 0 Å². The second-order valence-electron chi connectivity index (χ2n) is 4.28. The molecule has 1 heterocycles. The van der Waals surface area contributed by atoms with E-state index in [1.165, 1.54) is 23.4 Å². The van der Waals surface area contributed by atoms with E-state index in [-0.39, 0.29) is 0 Å². The predicted molar refractivity (Wildman–Crippen MR) is 62.2 cm³/mol. The Morgan fingerprint density at radius 1 is 1.43 bits per heavy atom. The number of fused-ring (bicyclic) bond motifs is 1. The standard InChI is InChI=1S/C12H18N2/c1-9-4-5-11-12(8-9)14(3)7-6-10(2)13-11/h4-5,8,10,13H,6-7H2,1-3H3. The van der Waals surface area contributed by atoms with Crippen LogP contribution in [0.3, 0.4) is 0 Å². The van der Waals surface area contributed by atoms with Crippen LogP contribution in [-0.2, 0) is 0 Å². The van der Waals surface area contributed by atoms with Crippen molar-refractivity contribution in [1.82, 2.24) is 0 Å². The van der Waals surface area contributed by atoms with Crippen LogP contribution >= 0.6 is 0 Å². The van der Waals surface area contributed by atoms with Gasteiger partial charge in [-0.1, -0.05) is 6.07 Å². The molecule has 1 unspecified atom stereocenters. The van der Waals surface area contributed by atoms with Crippen molar-refractivity contribution >= 4 is 11.4 Å². The van der Waals surface area contributed by atoms with Gasteiger partial charge in [-0.2, -0.15) is 0 Å². The van der Waals surface area contributed by atoms with Gasteiger partial charge in [0.05, 0.1) is 11.4 Å². The van der Waals surface area contributed by atoms with Gasteiger partial charge in [0.2, 0.25) is 0 Å². The molecular formula is C12H18N2. The average Bonchev–Trinajstić information content (AvgIpc) is 2.29. The van der Waals surface area contributed by atoms with Crippen molar-refractivity contribution in [2.45, 2.75) is 26.3 Å². The Kier molecular flexibility index (Phi) is 2.36. The lowest BCUT2D eigenvalue weighted by Gasteiger charge is -2.19. The SMILES string of the molecule is Cc1ccc2c(c1)N(C)CCC(C)N2. The number of nitrogens with one attached hydrogen (secondary N) is 1. The van der Waals surface area contributed by atoms with Gasteiger partial charge >= 0.3 is 0 Å². The number of benzene rings is 1. The van der Waals surface area contributed by atoms with Crippen LogP contribution in [0.5, 0.6) is 0 Å². The van der Waals surface area contributed by atoms with E-state index in [0.29, 0.717) is 6.04 Å². The van der Waals surface area contributed by atoms with Gasteiger partial charge in [-0.05, 0) is 38.0 Å². The van der Waals surface area contributed by atoms with Crippen molar-refractivity contribution in [3.63, 3.8) is 0 Å². The number of anilines is 2. The number of hydrogen-bond acceptors (Lipinski definition) is 2. The van der Waals surface area contributed by atoms with Crippen LogP contribution in [-0.4, -0.2) is 19.6 Å². The highest BCUT2D eigenvalue weighted by atomic mass is 15.1. The van der Waals surface area contributed by atoms with Crippen LogP contribution in [0, 0.1) is 6.92 Å². The fourth-order valence-corrected chi connectivity index (χ4v) is 1.92. The summed E-state index contributed by atoms with van der Waals surface area (Å²) in [5.41, 5.74) is 3.92. The number of nitrogens with zero attached hydrogens (tertiary/aromatic N) is 1. The molecule has 1 N–H and O–H groups in total. The average molecular weight is 190 g/mol. The largest absolute Gasteiger partial charge is 0.381 e. The molecule has 0 radical (unpaired) electrons.